The molecule has 0 spiro atoms. The first kappa shape index (κ1) is 19.1. The van der Waals surface area contributed by atoms with Gasteiger partial charge < -0.3 is 19.5 Å². The molecule has 0 aliphatic carbocycles. The summed E-state index contributed by atoms with van der Waals surface area (Å²) in [4.78, 5) is 24.0. The quantitative estimate of drug-likeness (QED) is 0.706. The molecule has 0 saturated heterocycles. The lowest BCUT2D eigenvalue weighted by Crippen LogP contribution is -2.21. The molecule has 0 atom stereocenters. The molecule has 6 nitrogen and oxygen atoms in total. The van der Waals surface area contributed by atoms with Gasteiger partial charge in [-0.2, -0.15) is 0 Å². The maximum absolute atomic E-state index is 12.1. The zero-order valence-electron chi connectivity index (χ0n) is 13.5. The molecule has 0 saturated carbocycles. The van der Waals surface area contributed by atoms with Crippen molar-refractivity contribution in [3.63, 3.8) is 0 Å². The van der Waals surface area contributed by atoms with Gasteiger partial charge >= 0.3 is 5.97 Å². The van der Waals surface area contributed by atoms with Crippen LogP contribution in [0.4, 0.5) is 5.69 Å². The van der Waals surface area contributed by atoms with E-state index in [2.05, 4.69) is 21.2 Å². The minimum Gasteiger partial charge on any atom is -0.497 e. The van der Waals surface area contributed by atoms with Crippen LogP contribution in [-0.4, -0.2) is 32.7 Å². The number of amides is 1. The molecule has 0 heterocycles. The maximum Gasteiger partial charge on any atom is 0.342 e. The van der Waals surface area contributed by atoms with Gasteiger partial charge in [-0.1, -0.05) is 11.6 Å². The second-order valence-electron chi connectivity index (χ2n) is 4.82. The Balaban J connectivity index is 1.97. The molecule has 2 aromatic rings. The molecule has 132 valence electrons. The Labute approximate surface area is 158 Å². The van der Waals surface area contributed by atoms with Crippen molar-refractivity contribution in [2.75, 3.05) is 26.1 Å². The fourth-order valence-electron chi connectivity index (χ4n) is 1.95. The van der Waals surface area contributed by atoms with Gasteiger partial charge in [0.1, 0.15) is 17.1 Å². The lowest BCUT2D eigenvalue weighted by atomic mass is 10.2. The van der Waals surface area contributed by atoms with E-state index in [0.717, 1.165) is 0 Å². The summed E-state index contributed by atoms with van der Waals surface area (Å²) >= 11 is 9.22. The first-order valence-electron chi connectivity index (χ1n) is 7.08. The standard InChI is InChI=1S/C17H15BrClNO5/c1-23-11-4-5-12(15(8-11)24-2)17(22)25-9-16(21)20-10-3-6-13(18)14(19)7-10/h3-8H,9H2,1-2H3,(H,20,21). The van der Waals surface area contributed by atoms with Crippen molar-refractivity contribution in [3.8, 4) is 11.5 Å². The number of methoxy groups -OCH3 is 2. The molecule has 0 aliphatic rings. The second-order valence-corrected chi connectivity index (χ2v) is 6.08. The molecule has 0 aliphatic heterocycles. The van der Waals surface area contributed by atoms with Crippen LogP contribution in [0.15, 0.2) is 40.9 Å². The summed E-state index contributed by atoms with van der Waals surface area (Å²) in [5.41, 5.74) is 0.694. The van der Waals surface area contributed by atoms with Gasteiger partial charge in [0.15, 0.2) is 6.61 Å². The molecule has 0 aromatic heterocycles. The Bertz CT molecular complexity index is 797. The summed E-state index contributed by atoms with van der Waals surface area (Å²) in [5.74, 6) is -0.328. The van der Waals surface area contributed by atoms with E-state index in [0.29, 0.717) is 26.7 Å². The minimum absolute atomic E-state index is 0.197. The van der Waals surface area contributed by atoms with Gasteiger partial charge in [0.05, 0.1) is 19.2 Å². The van der Waals surface area contributed by atoms with E-state index in [-0.39, 0.29) is 5.56 Å². The average Bonchev–Trinajstić information content (AvgIpc) is 2.62. The van der Waals surface area contributed by atoms with Gasteiger partial charge in [-0.25, -0.2) is 4.79 Å². The van der Waals surface area contributed by atoms with Crippen LogP contribution in [0.2, 0.25) is 5.02 Å². The fourth-order valence-corrected chi connectivity index (χ4v) is 2.37. The van der Waals surface area contributed by atoms with Gasteiger partial charge in [0.25, 0.3) is 5.91 Å². The zero-order chi connectivity index (χ0) is 18.4. The third-order valence-electron chi connectivity index (χ3n) is 3.17. The zero-order valence-corrected chi connectivity index (χ0v) is 15.8. The van der Waals surface area contributed by atoms with Gasteiger partial charge in [-0.05, 0) is 46.3 Å². The van der Waals surface area contributed by atoms with Crippen LogP contribution < -0.4 is 14.8 Å². The van der Waals surface area contributed by atoms with Crippen LogP contribution in [0.1, 0.15) is 10.4 Å². The summed E-state index contributed by atoms with van der Waals surface area (Å²) in [6.45, 7) is -0.443. The van der Waals surface area contributed by atoms with Crippen molar-refractivity contribution < 1.29 is 23.8 Å². The van der Waals surface area contributed by atoms with Gasteiger partial charge in [0, 0.05) is 16.2 Å². The smallest absolute Gasteiger partial charge is 0.342 e. The van der Waals surface area contributed by atoms with Crippen LogP contribution in [0, 0.1) is 0 Å². The van der Waals surface area contributed by atoms with Crippen molar-refractivity contribution in [1.29, 1.82) is 0 Å². The van der Waals surface area contributed by atoms with E-state index in [1.165, 1.54) is 20.3 Å². The van der Waals surface area contributed by atoms with Crippen molar-refractivity contribution in [1.82, 2.24) is 0 Å². The number of ether oxygens (including phenoxy) is 3. The third-order valence-corrected chi connectivity index (χ3v) is 4.40. The van der Waals surface area contributed by atoms with E-state index in [4.69, 9.17) is 25.8 Å². The molecule has 0 bridgehead atoms. The number of hydrogen-bond acceptors (Lipinski definition) is 5. The Morgan fingerprint density at radius 2 is 1.88 bits per heavy atom. The van der Waals surface area contributed by atoms with Crippen LogP contribution >= 0.6 is 27.5 Å². The van der Waals surface area contributed by atoms with Crippen molar-refractivity contribution in [2.45, 2.75) is 0 Å². The Morgan fingerprint density at radius 1 is 1.12 bits per heavy atom. The number of carbonyl (C=O) groups excluding carboxylic acids is 2. The Hall–Kier alpha value is -2.25. The second kappa shape index (κ2) is 8.73. The topological polar surface area (TPSA) is 73.9 Å². The van der Waals surface area contributed by atoms with Gasteiger partial charge in [0.2, 0.25) is 0 Å². The van der Waals surface area contributed by atoms with E-state index in [9.17, 15) is 9.59 Å². The van der Waals surface area contributed by atoms with E-state index >= 15 is 0 Å². The van der Waals surface area contributed by atoms with Gasteiger partial charge in [-0.15, -0.1) is 0 Å². The number of hydrogen-bond donors (Lipinski definition) is 1. The maximum atomic E-state index is 12.1. The molecular weight excluding hydrogens is 414 g/mol. The molecule has 2 aromatic carbocycles. The molecule has 8 heteroatoms. The monoisotopic (exact) mass is 427 g/mol. The molecule has 1 N–H and O–H groups in total. The van der Waals surface area contributed by atoms with Crippen molar-refractivity contribution in [3.05, 3.63) is 51.5 Å². The number of carbonyl (C=O) groups is 2. The molecule has 0 radical (unpaired) electrons. The first-order valence-corrected chi connectivity index (χ1v) is 8.25. The van der Waals surface area contributed by atoms with E-state index in [1.807, 2.05) is 0 Å². The van der Waals surface area contributed by atoms with Crippen molar-refractivity contribution >= 4 is 45.1 Å². The van der Waals surface area contributed by atoms with Crippen LogP contribution in [0.5, 0.6) is 11.5 Å². The highest BCUT2D eigenvalue weighted by Crippen LogP contribution is 2.26. The molecule has 1 amide bonds. The number of benzene rings is 2. The third kappa shape index (κ3) is 5.11. The number of rotatable bonds is 6. The fraction of sp³-hybridized carbons (Fsp3) is 0.176. The highest BCUT2D eigenvalue weighted by atomic mass is 79.9. The average molecular weight is 429 g/mol. The van der Waals surface area contributed by atoms with E-state index < -0.39 is 18.5 Å². The molecule has 2 rings (SSSR count). The predicted octanol–water partition coefficient (Wildman–Crippen LogP) is 3.92. The van der Waals surface area contributed by atoms with Gasteiger partial charge in [-0.3, -0.25) is 4.79 Å². The predicted molar refractivity (Wildman–Crippen MR) is 97.6 cm³/mol. The number of esters is 1. The van der Waals surface area contributed by atoms with Crippen LogP contribution in [-0.2, 0) is 9.53 Å². The highest BCUT2D eigenvalue weighted by molar-refractivity contribution is 9.10. The number of halogens is 2. The molecule has 0 fully saturated rings. The summed E-state index contributed by atoms with van der Waals surface area (Å²) in [5, 5.41) is 3.05. The van der Waals surface area contributed by atoms with Crippen molar-refractivity contribution in [2.24, 2.45) is 0 Å². The van der Waals surface area contributed by atoms with Crippen LogP contribution in [0.3, 0.4) is 0 Å². The summed E-state index contributed by atoms with van der Waals surface area (Å²) < 4.78 is 15.9. The lowest BCUT2D eigenvalue weighted by Gasteiger charge is -2.10. The summed E-state index contributed by atoms with van der Waals surface area (Å²) in [6.07, 6.45) is 0. The Morgan fingerprint density at radius 3 is 2.52 bits per heavy atom. The molecule has 25 heavy (non-hydrogen) atoms. The SMILES string of the molecule is COc1ccc(C(=O)OCC(=O)Nc2ccc(Br)c(Cl)c2)c(OC)c1. The number of nitrogens with one attached hydrogen (secondary N) is 1. The lowest BCUT2D eigenvalue weighted by molar-refractivity contribution is -0.119. The first-order chi connectivity index (χ1) is 11.9. The normalized spacial score (nSPS) is 10.1. The Kier molecular flexibility index (Phi) is 6.66. The summed E-state index contributed by atoms with van der Waals surface area (Å²) in [6, 6.07) is 9.61. The summed E-state index contributed by atoms with van der Waals surface area (Å²) in [7, 11) is 2.93. The van der Waals surface area contributed by atoms with Crippen LogP contribution in [0.25, 0.3) is 0 Å². The van der Waals surface area contributed by atoms with E-state index in [1.54, 1.807) is 30.3 Å². The number of anilines is 1. The largest absolute Gasteiger partial charge is 0.497 e. The minimum atomic E-state index is -0.677. The highest BCUT2D eigenvalue weighted by Gasteiger charge is 2.16. The molecule has 0 unspecified atom stereocenters. The molecular formula is C17H15BrClNO5.